The van der Waals surface area contributed by atoms with E-state index in [1.54, 1.807) is 0 Å². The van der Waals surface area contributed by atoms with E-state index in [0.29, 0.717) is 51.4 Å². The first-order valence-electron chi connectivity index (χ1n) is 13.3. The van der Waals surface area contributed by atoms with Crippen molar-refractivity contribution in [3.05, 3.63) is 0 Å². The number of hydrogen-bond donors (Lipinski definition) is 3. The van der Waals surface area contributed by atoms with Crippen LogP contribution in [0.4, 0.5) is 0 Å². The van der Waals surface area contributed by atoms with Crippen molar-refractivity contribution in [2.45, 2.75) is 109 Å². The van der Waals surface area contributed by atoms with E-state index >= 15 is 0 Å². The van der Waals surface area contributed by atoms with Crippen molar-refractivity contribution in [1.82, 2.24) is 0 Å². The van der Waals surface area contributed by atoms with Crippen LogP contribution in [0.25, 0.3) is 0 Å². The molecule has 9 heteroatoms. The maximum absolute atomic E-state index is 12.3. The highest BCUT2D eigenvalue weighted by molar-refractivity contribution is 5.66. The molecule has 36 heavy (non-hydrogen) atoms. The van der Waals surface area contributed by atoms with Gasteiger partial charge >= 0.3 is 17.9 Å². The van der Waals surface area contributed by atoms with Crippen LogP contribution in [0.2, 0.25) is 0 Å². The van der Waals surface area contributed by atoms with Crippen molar-refractivity contribution in [2.75, 3.05) is 13.2 Å². The van der Waals surface area contributed by atoms with Crippen LogP contribution in [0.1, 0.15) is 85.5 Å². The summed E-state index contributed by atoms with van der Waals surface area (Å²) in [7, 11) is 0. The quantitative estimate of drug-likeness (QED) is 0.363. The molecule has 0 saturated heterocycles. The molecule has 0 amide bonds. The molecule has 0 spiro atoms. The van der Waals surface area contributed by atoms with E-state index in [1.165, 1.54) is 20.8 Å². The molecule has 0 aromatic rings. The molecule has 9 nitrogen and oxygen atoms in total. The normalized spacial score (nSPS) is 44.4. The number of aliphatic hydroxyl groups excluding tert-OH is 1. The number of ether oxygens (including phenoxy) is 3. The molecule has 0 heterocycles. The van der Waals surface area contributed by atoms with Gasteiger partial charge in [-0.25, -0.2) is 0 Å². The Morgan fingerprint density at radius 1 is 0.861 bits per heavy atom. The number of carbonyl (C=O) groups is 3. The molecule has 3 N–H and O–H groups in total. The molecular weight excluding hydrogens is 468 g/mol. The summed E-state index contributed by atoms with van der Waals surface area (Å²) >= 11 is 0. The standard InChI is InChI=1S/C27H42O9/c1-16(28)34-14-23(31)22-8-12-27(33)21-7-11-26(32)13-19(36-18(3)30)5-10-25(26,15-35-17(2)29)20(21)6-9-24(22,27)4/h19-23,31-33H,5-15H2,1-4H3/t19-,20-,21+,22+,23+,24+,25-,26+,27+/m0/s1. The summed E-state index contributed by atoms with van der Waals surface area (Å²) in [6.07, 6.45) is 3.61. The van der Waals surface area contributed by atoms with Gasteiger partial charge < -0.3 is 29.5 Å². The van der Waals surface area contributed by atoms with Crippen LogP contribution >= 0.6 is 0 Å². The Bertz CT molecular complexity index is 890. The van der Waals surface area contributed by atoms with Gasteiger partial charge in [-0.2, -0.15) is 0 Å². The fraction of sp³-hybridized carbons (Fsp3) is 0.889. The molecule has 0 aliphatic heterocycles. The third kappa shape index (κ3) is 4.25. The van der Waals surface area contributed by atoms with Gasteiger partial charge in [-0.3, -0.25) is 14.4 Å². The zero-order valence-electron chi connectivity index (χ0n) is 22.0. The molecule has 4 rings (SSSR count). The minimum atomic E-state index is -1.18. The molecule has 0 bridgehead atoms. The lowest BCUT2D eigenvalue weighted by atomic mass is 9.41. The van der Waals surface area contributed by atoms with E-state index in [-0.39, 0.29) is 43.4 Å². The van der Waals surface area contributed by atoms with Gasteiger partial charge in [0.1, 0.15) is 12.7 Å². The second-order valence-electron chi connectivity index (χ2n) is 12.1. The lowest BCUT2D eigenvalue weighted by Crippen LogP contribution is -2.69. The van der Waals surface area contributed by atoms with Gasteiger partial charge in [0.15, 0.2) is 0 Å². The Kier molecular flexibility index (Phi) is 7.25. The van der Waals surface area contributed by atoms with E-state index in [2.05, 4.69) is 0 Å². The van der Waals surface area contributed by atoms with Crippen molar-refractivity contribution in [2.24, 2.45) is 28.6 Å². The Balaban J connectivity index is 1.64. The predicted molar refractivity (Wildman–Crippen MR) is 127 cm³/mol. The first-order chi connectivity index (χ1) is 16.8. The zero-order chi connectivity index (χ0) is 26.5. The number of esters is 3. The Labute approximate surface area is 212 Å². The van der Waals surface area contributed by atoms with Gasteiger partial charge in [0.2, 0.25) is 0 Å². The van der Waals surface area contributed by atoms with Crippen LogP contribution in [-0.4, -0.2) is 69.9 Å². The fourth-order valence-electron chi connectivity index (χ4n) is 8.83. The molecule has 0 aromatic heterocycles. The molecule has 4 aliphatic carbocycles. The molecular formula is C27H42O9. The summed E-state index contributed by atoms with van der Waals surface area (Å²) in [6.45, 7) is 6.05. The average molecular weight is 511 g/mol. The summed E-state index contributed by atoms with van der Waals surface area (Å²) in [4.78, 5) is 34.8. The third-order valence-corrected chi connectivity index (χ3v) is 10.5. The first-order valence-corrected chi connectivity index (χ1v) is 13.3. The first kappa shape index (κ1) is 27.3. The topological polar surface area (TPSA) is 140 Å². The van der Waals surface area contributed by atoms with Crippen molar-refractivity contribution >= 4 is 17.9 Å². The summed E-state index contributed by atoms with van der Waals surface area (Å²) < 4.78 is 16.1. The van der Waals surface area contributed by atoms with Crippen LogP contribution in [0.15, 0.2) is 0 Å². The summed E-state index contributed by atoms with van der Waals surface area (Å²) in [5.74, 6) is -1.67. The highest BCUT2D eigenvalue weighted by atomic mass is 16.5. The predicted octanol–water partition coefficient (Wildman–Crippen LogP) is 2.27. The number of carbonyl (C=O) groups excluding carboxylic acids is 3. The van der Waals surface area contributed by atoms with Gasteiger partial charge in [0, 0.05) is 38.0 Å². The summed E-state index contributed by atoms with van der Waals surface area (Å²) in [5, 5.41) is 35.3. The second kappa shape index (κ2) is 9.55. The van der Waals surface area contributed by atoms with Crippen molar-refractivity contribution in [1.29, 1.82) is 0 Å². The minimum absolute atomic E-state index is 0.0676. The lowest BCUT2D eigenvalue weighted by Gasteiger charge is -2.66. The van der Waals surface area contributed by atoms with Crippen LogP contribution < -0.4 is 0 Å². The Morgan fingerprint density at radius 2 is 1.53 bits per heavy atom. The van der Waals surface area contributed by atoms with E-state index in [4.69, 9.17) is 14.2 Å². The number of fused-ring (bicyclic) bond motifs is 5. The van der Waals surface area contributed by atoms with E-state index in [0.717, 1.165) is 0 Å². The second-order valence-corrected chi connectivity index (χ2v) is 12.1. The molecule has 4 fully saturated rings. The van der Waals surface area contributed by atoms with E-state index < -0.39 is 46.2 Å². The van der Waals surface area contributed by atoms with Crippen LogP contribution in [0.5, 0.6) is 0 Å². The van der Waals surface area contributed by atoms with Gasteiger partial charge in [-0.1, -0.05) is 6.92 Å². The van der Waals surface area contributed by atoms with Crippen molar-refractivity contribution in [3.8, 4) is 0 Å². The number of rotatable bonds is 6. The Morgan fingerprint density at radius 3 is 2.17 bits per heavy atom. The highest BCUT2D eigenvalue weighted by Gasteiger charge is 2.72. The third-order valence-electron chi connectivity index (χ3n) is 10.5. The van der Waals surface area contributed by atoms with E-state index in [9.17, 15) is 29.7 Å². The number of aliphatic hydroxyl groups is 3. The maximum Gasteiger partial charge on any atom is 0.302 e. The van der Waals surface area contributed by atoms with Gasteiger partial charge in [0.05, 0.1) is 23.9 Å². The Hall–Kier alpha value is -1.71. The monoisotopic (exact) mass is 510 g/mol. The van der Waals surface area contributed by atoms with E-state index in [1.807, 2.05) is 6.92 Å². The maximum atomic E-state index is 12.3. The van der Waals surface area contributed by atoms with Crippen LogP contribution in [-0.2, 0) is 28.6 Å². The molecule has 9 atom stereocenters. The molecule has 204 valence electrons. The molecule has 0 unspecified atom stereocenters. The largest absolute Gasteiger partial charge is 0.465 e. The summed E-state index contributed by atoms with van der Waals surface area (Å²) in [6, 6.07) is 0. The van der Waals surface area contributed by atoms with Crippen LogP contribution in [0.3, 0.4) is 0 Å². The molecule has 0 aromatic carbocycles. The molecule has 4 aliphatic rings. The summed E-state index contributed by atoms with van der Waals surface area (Å²) in [5.41, 5.74) is -3.56. The minimum Gasteiger partial charge on any atom is -0.465 e. The van der Waals surface area contributed by atoms with Gasteiger partial charge in [0.25, 0.3) is 0 Å². The average Bonchev–Trinajstić information content (AvgIpc) is 3.06. The molecule has 4 saturated carbocycles. The number of hydrogen-bond acceptors (Lipinski definition) is 9. The SMILES string of the molecule is CC(=O)OC[C@@H](O)[C@H]1CC[C@@]2(O)[C@@H]3CC[C@@]4(O)C[C@@H](OC(C)=O)CC[C@]4(COC(C)=O)[C@H]3CC[C@]12C. The fourth-order valence-corrected chi connectivity index (χ4v) is 8.83. The highest BCUT2D eigenvalue weighted by Crippen LogP contribution is 2.70. The smallest absolute Gasteiger partial charge is 0.302 e. The van der Waals surface area contributed by atoms with Crippen molar-refractivity contribution in [3.63, 3.8) is 0 Å². The van der Waals surface area contributed by atoms with Crippen LogP contribution in [0, 0.1) is 28.6 Å². The van der Waals surface area contributed by atoms with Gasteiger partial charge in [-0.15, -0.1) is 0 Å². The van der Waals surface area contributed by atoms with Crippen molar-refractivity contribution < 1.29 is 43.9 Å². The zero-order valence-corrected chi connectivity index (χ0v) is 22.0. The van der Waals surface area contributed by atoms with Gasteiger partial charge in [-0.05, 0) is 69.1 Å². The lowest BCUT2D eigenvalue weighted by molar-refractivity contribution is -0.274. The molecule has 0 radical (unpaired) electrons.